The summed E-state index contributed by atoms with van der Waals surface area (Å²) in [6.45, 7) is 0. The van der Waals surface area contributed by atoms with Crippen LogP contribution in [-0.2, 0) is 0 Å². The highest BCUT2D eigenvalue weighted by Gasteiger charge is 2.15. The van der Waals surface area contributed by atoms with Gasteiger partial charge >= 0.3 is 0 Å². The van der Waals surface area contributed by atoms with Crippen molar-refractivity contribution in [3.63, 3.8) is 0 Å². The van der Waals surface area contributed by atoms with E-state index < -0.39 is 0 Å². The third kappa shape index (κ3) is 6.06. The fourth-order valence-electron chi connectivity index (χ4n) is 4.20. The summed E-state index contributed by atoms with van der Waals surface area (Å²) in [5.74, 6) is 0.409. The van der Waals surface area contributed by atoms with Crippen LogP contribution in [0.1, 0.15) is 32.1 Å². The Morgan fingerprint density at radius 2 is 1.75 bits per heavy atom. The lowest BCUT2D eigenvalue weighted by Gasteiger charge is -2.23. The molecule has 1 aliphatic rings. The van der Waals surface area contributed by atoms with Gasteiger partial charge in [-0.2, -0.15) is 0 Å². The standard InChI is InChI=1S/C27H26ClFN6S/c28-20-9-4-5-11-25(20)36-35-22-13-12-19(15-21(22)29)33-23-10-6-14-30-27(23)24-16-26(32-17-31-24)34-18-7-2-1-3-8-18/h4-6,9-18,33,35H,1-3,7-8H2,(H,31,32,34). The molecule has 3 N–H and O–H groups in total. The Kier molecular flexibility index (Phi) is 7.83. The smallest absolute Gasteiger partial charge is 0.149 e. The molecule has 5 rings (SSSR count). The number of nitrogens with one attached hydrogen (secondary N) is 3. The predicted octanol–water partition coefficient (Wildman–Crippen LogP) is 7.94. The Hall–Kier alpha value is -3.36. The molecule has 1 fully saturated rings. The molecule has 1 saturated carbocycles. The first-order valence-electron chi connectivity index (χ1n) is 11.9. The van der Waals surface area contributed by atoms with E-state index in [4.69, 9.17) is 11.6 Å². The van der Waals surface area contributed by atoms with Crippen LogP contribution >= 0.6 is 23.5 Å². The summed E-state index contributed by atoms with van der Waals surface area (Å²) in [5.41, 5.74) is 3.06. The van der Waals surface area contributed by atoms with E-state index in [0.29, 0.717) is 33.8 Å². The van der Waals surface area contributed by atoms with E-state index in [1.54, 1.807) is 24.7 Å². The summed E-state index contributed by atoms with van der Waals surface area (Å²) in [6.07, 6.45) is 9.37. The zero-order chi connectivity index (χ0) is 24.7. The number of benzene rings is 2. The van der Waals surface area contributed by atoms with Crippen LogP contribution in [-0.4, -0.2) is 21.0 Å². The van der Waals surface area contributed by atoms with Crippen molar-refractivity contribution >= 4 is 46.4 Å². The molecule has 0 unspecified atom stereocenters. The monoisotopic (exact) mass is 520 g/mol. The minimum atomic E-state index is -0.383. The lowest BCUT2D eigenvalue weighted by atomic mass is 9.95. The second-order valence-electron chi connectivity index (χ2n) is 8.62. The summed E-state index contributed by atoms with van der Waals surface area (Å²) >= 11 is 7.45. The molecule has 0 atom stereocenters. The first kappa shape index (κ1) is 24.3. The Labute approximate surface area is 219 Å². The first-order valence-corrected chi connectivity index (χ1v) is 13.1. The van der Waals surface area contributed by atoms with Crippen molar-refractivity contribution < 1.29 is 4.39 Å². The second-order valence-corrected chi connectivity index (χ2v) is 9.88. The fraction of sp³-hybridized carbons (Fsp3) is 0.222. The van der Waals surface area contributed by atoms with Gasteiger partial charge in [-0.05, 0) is 67.3 Å². The molecule has 2 heterocycles. The summed E-state index contributed by atoms with van der Waals surface area (Å²) in [7, 11) is 0. The van der Waals surface area contributed by atoms with Gasteiger partial charge in [-0.25, -0.2) is 14.4 Å². The minimum Gasteiger partial charge on any atom is -0.367 e. The topological polar surface area (TPSA) is 74.8 Å². The minimum absolute atomic E-state index is 0.367. The van der Waals surface area contributed by atoms with Crippen LogP contribution in [0.25, 0.3) is 11.4 Å². The Balaban J connectivity index is 1.30. The predicted molar refractivity (Wildman–Crippen MR) is 146 cm³/mol. The number of hydrogen-bond donors (Lipinski definition) is 3. The summed E-state index contributed by atoms with van der Waals surface area (Å²) in [6, 6.07) is 18.5. The van der Waals surface area contributed by atoms with Gasteiger partial charge in [0.1, 0.15) is 23.7 Å². The van der Waals surface area contributed by atoms with Gasteiger partial charge in [0.25, 0.3) is 0 Å². The zero-order valence-corrected chi connectivity index (χ0v) is 21.1. The van der Waals surface area contributed by atoms with Gasteiger partial charge in [-0.3, -0.25) is 4.98 Å². The number of hydrogen-bond acceptors (Lipinski definition) is 7. The van der Waals surface area contributed by atoms with Gasteiger partial charge in [0.15, 0.2) is 0 Å². The maximum atomic E-state index is 14.9. The number of anilines is 4. The molecule has 4 aromatic rings. The summed E-state index contributed by atoms with van der Waals surface area (Å²) in [5, 5.41) is 7.43. The normalized spacial score (nSPS) is 13.8. The molecule has 0 saturated heterocycles. The van der Waals surface area contributed by atoms with E-state index >= 15 is 0 Å². The van der Waals surface area contributed by atoms with Crippen molar-refractivity contribution in [2.75, 3.05) is 15.4 Å². The molecule has 0 radical (unpaired) electrons. The molecule has 9 heteroatoms. The highest BCUT2D eigenvalue weighted by molar-refractivity contribution is 8.00. The second kappa shape index (κ2) is 11.6. The molecule has 36 heavy (non-hydrogen) atoms. The van der Waals surface area contributed by atoms with E-state index in [1.807, 2.05) is 42.5 Å². The van der Waals surface area contributed by atoms with Crippen LogP contribution in [0.15, 0.2) is 78.1 Å². The average molecular weight is 521 g/mol. The number of rotatable bonds is 8. The molecule has 1 aliphatic carbocycles. The van der Waals surface area contributed by atoms with Crippen molar-refractivity contribution in [3.05, 3.63) is 84.0 Å². The maximum Gasteiger partial charge on any atom is 0.149 e. The molecule has 184 valence electrons. The number of aromatic nitrogens is 3. The number of pyridine rings is 1. The summed E-state index contributed by atoms with van der Waals surface area (Å²) < 4.78 is 17.9. The third-order valence-corrected chi connectivity index (χ3v) is 7.37. The van der Waals surface area contributed by atoms with Crippen molar-refractivity contribution in [1.29, 1.82) is 0 Å². The van der Waals surface area contributed by atoms with Gasteiger partial charge in [-0.1, -0.05) is 43.0 Å². The zero-order valence-electron chi connectivity index (χ0n) is 19.5. The van der Waals surface area contributed by atoms with Crippen LogP contribution in [0.4, 0.5) is 27.3 Å². The largest absolute Gasteiger partial charge is 0.367 e. The van der Waals surface area contributed by atoms with E-state index in [9.17, 15) is 4.39 Å². The van der Waals surface area contributed by atoms with Crippen LogP contribution in [0.2, 0.25) is 5.02 Å². The molecule has 0 amide bonds. The van der Waals surface area contributed by atoms with Crippen molar-refractivity contribution in [2.45, 2.75) is 43.0 Å². The molecular weight excluding hydrogens is 495 g/mol. The number of nitrogens with zero attached hydrogens (tertiary/aromatic N) is 3. The van der Waals surface area contributed by atoms with Crippen molar-refractivity contribution in [3.8, 4) is 11.4 Å². The molecular formula is C27H26ClFN6S. The molecule has 0 spiro atoms. The van der Waals surface area contributed by atoms with Crippen LogP contribution < -0.4 is 15.4 Å². The van der Waals surface area contributed by atoms with Gasteiger partial charge in [0.2, 0.25) is 0 Å². The quantitative estimate of drug-likeness (QED) is 0.203. The van der Waals surface area contributed by atoms with Gasteiger partial charge in [-0.15, -0.1) is 0 Å². The van der Waals surface area contributed by atoms with Gasteiger partial charge in [0.05, 0.1) is 22.1 Å². The van der Waals surface area contributed by atoms with Crippen molar-refractivity contribution in [1.82, 2.24) is 15.0 Å². The average Bonchev–Trinajstić information content (AvgIpc) is 2.90. The van der Waals surface area contributed by atoms with E-state index in [-0.39, 0.29) is 5.82 Å². The lowest BCUT2D eigenvalue weighted by molar-refractivity contribution is 0.462. The molecule has 0 aliphatic heterocycles. The maximum absolute atomic E-state index is 14.9. The molecule has 2 aromatic carbocycles. The van der Waals surface area contributed by atoms with Crippen molar-refractivity contribution in [2.24, 2.45) is 0 Å². The van der Waals surface area contributed by atoms with Crippen LogP contribution in [0.5, 0.6) is 0 Å². The van der Waals surface area contributed by atoms with Gasteiger partial charge in [0, 0.05) is 28.9 Å². The first-order chi connectivity index (χ1) is 17.7. The number of halogens is 2. The highest BCUT2D eigenvalue weighted by Crippen LogP contribution is 2.32. The molecule has 6 nitrogen and oxygen atoms in total. The Bertz CT molecular complexity index is 1330. The van der Waals surface area contributed by atoms with Gasteiger partial charge < -0.3 is 15.4 Å². The fourth-order valence-corrected chi connectivity index (χ4v) is 5.15. The molecule has 2 aromatic heterocycles. The lowest BCUT2D eigenvalue weighted by Crippen LogP contribution is -2.22. The third-order valence-electron chi connectivity index (χ3n) is 6.03. The summed E-state index contributed by atoms with van der Waals surface area (Å²) in [4.78, 5) is 14.2. The Morgan fingerprint density at radius 3 is 2.58 bits per heavy atom. The van der Waals surface area contributed by atoms with Crippen LogP contribution in [0, 0.1) is 5.82 Å². The van der Waals surface area contributed by atoms with E-state index in [1.165, 1.54) is 37.3 Å². The highest BCUT2D eigenvalue weighted by atomic mass is 35.5. The van der Waals surface area contributed by atoms with E-state index in [0.717, 1.165) is 29.2 Å². The Morgan fingerprint density at radius 1 is 0.889 bits per heavy atom. The van der Waals surface area contributed by atoms with Crippen LogP contribution in [0.3, 0.4) is 0 Å². The van der Waals surface area contributed by atoms with E-state index in [2.05, 4.69) is 30.3 Å². The SMILES string of the molecule is Fc1cc(Nc2cccnc2-c2cc(NC3CCCCC3)ncn2)ccc1NSc1ccccc1Cl. The molecule has 0 bridgehead atoms.